The molecule has 0 aromatic rings. The molecule has 2 aliphatic rings. The second kappa shape index (κ2) is 4.84. The number of rotatable bonds is 4. The topological polar surface area (TPSA) is 58.4 Å². The first-order valence-corrected chi connectivity index (χ1v) is 6.08. The minimum atomic E-state index is 0.106. The Balaban J connectivity index is 1.87. The normalized spacial score (nSPS) is 21.7. The molecule has 0 aliphatic heterocycles. The molecule has 0 heterocycles. The number of hydrogen-bond acceptors (Lipinski definition) is 2. The maximum Gasteiger partial charge on any atom is 0.317 e. The third-order valence-electron chi connectivity index (χ3n) is 3.30. The zero-order valence-electron chi connectivity index (χ0n) is 9.24. The largest absolute Gasteiger partial charge is 0.335 e. The van der Waals surface area contributed by atoms with Gasteiger partial charge in [0.05, 0.1) is 0 Å². The van der Waals surface area contributed by atoms with Gasteiger partial charge in [-0.25, -0.2) is 4.79 Å². The van der Waals surface area contributed by atoms with Crippen molar-refractivity contribution in [3.8, 4) is 0 Å². The van der Waals surface area contributed by atoms with Crippen molar-refractivity contribution in [2.75, 3.05) is 13.1 Å². The smallest absolute Gasteiger partial charge is 0.317 e. The number of hydrogen-bond donors (Lipinski definition) is 2. The van der Waals surface area contributed by atoms with E-state index in [4.69, 9.17) is 5.73 Å². The van der Waals surface area contributed by atoms with Gasteiger partial charge in [-0.15, -0.1) is 0 Å². The van der Waals surface area contributed by atoms with Crippen molar-refractivity contribution in [3.63, 3.8) is 0 Å². The van der Waals surface area contributed by atoms with Gasteiger partial charge in [-0.3, -0.25) is 0 Å². The van der Waals surface area contributed by atoms with E-state index in [2.05, 4.69) is 5.32 Å². The number of nitrogens with zero attached hydrogens (tertiary/aromatic N) is 1. The van der Waals surface area contributed by atoms with Gasteiger partial charge in [-0.2, -0.15) is 0 Å². The Morgan fingerprint density at radius 1 is 1.27 bits per heavy atom. The van der Waals surface area contributed by atoms with Crippen molar-refractivity contribution < 1.29 is 4.79 Å². The molecule has 86 valence electrons. The zero-order chi connectivity index (χ0) is 10.7. The van der Waals surface area contributed by atoms with Crippen LogP contribution in [0.15, 0.2) is 0 Å². The standard InChI is InChI=1S/C11H21N3O/c12-7-8-14(10-3-1-2-4-10)11(15)13-9-5-6-9/h9-10H,1-8,12H2,(H,13,15). The molecule has 0 aromatic heterocycles. The molecule has 0 spiro atoms. The maximum absolute atomic E-state index is 11.9. The van der Waals surface area contributed by atoms with E-state index in [0.717, 1.165) is 25.7 Å². The van der Waals surface area contributed by atoms with Gasteiger partial charge in [-0.1, -0.05) is 12.8 Å². The Hall–Kier alpha value is -0.770. The van der Waals surface area contributed by atoms with Crippen LogP contribution >= 0.6 is 0 Å². The first-order valence-electron chi connectivity index (χ1n) is 6.08. The molecule has 15 heavy (non-hydrogen) atoms. The molecule has 4 nitrogen and oxygen atoms in total. The molecule has 0 unspecified atom stereocenters. The molecule has 2 fully saturated rings. The van der Waals surface area contributed by atoms with Crippen molar-refractivity contribution >= 4 is 6.03 Å². The van der Waals surface area contributed by atoms with E-state index in [-0.39, 0.29) is 6.03 Å². The fourth-order valence-corrected chi connectivity index (χ4v) is 2.29. The summed E-state index contributed by atoms with van der Waals surface area (Å²) < 4.78 is 0. The molecular weight excluding hydrogens is 190 g/mol. The molecular formula is C11H21N3O. The average molecular weight is 211 g/mol. The van der Waals surface area contributed by atoms with Gasteiger partial charge in [-0.05, 0) is 25.7 Å². The molecule has 0 radical (unpaired) electrons. The number of nitrogens with one attached hydrogen (secondary N) is 1. The van der Waals surface area contributed by atoms with Crippen LogP contribution in [0, 0.1) is 0 Å². The maximum atomic E-state index is 11.9. The molecule has 2 amide bonds. The highest BCUT2D eigenvalue weighted by Crippen LogP contribution is 2.24. The van der Waals surface area contributed by atoms with Gasteiger partial charge >= 0.3 is 6.03 Å². The number of carbonyl (C=O) groups is 1. The molecule has 3 N–H and O–H groups in total. The molecule has 4 heteroatoms. The summed E-state index contributed by atoms with van der Waals surface area (Å²) in [7, 11) is 0. The van der Waals surface area contributed by atoms with Crippen LogP contribution in [-0.2, 0) is 0 Å². The van der Waals surface area contributed by atoms with Crippen LogP contribution in [0.4, 0.5) is 4.79 Å². The number of amides is 2. The third kappa shape index (κ3) is 2.84. The quantitative estimate of drug-likeness (QED) is 0.730. The molecule has 0 saturated heterocycles. The van der Waals surface area contributed by atoms with Crippen LogP contribution in [0.25, 0.3) is 0 Å². The summed E-state index contributed by atoms with van der Waals surface area (Å²) in [5.74, 6) is 0. The molecule has 2 rings (SSSR count). The number of nitrogens with two attached hydrogens (primary N) is 1. The second-order valence-corrected chi connectivity index (χ2v) is 4.64. The van der Waals surface area contributed by atoms with Gasteiger partial charge in [0.25, 0.3) is 0 Å². The fraction of sp³-hybridized carbons (Fsp3) is 0.909. The first-order chi connectivity index (χ1) is 7.31. The molecule has 0 bridgehead atoms. The van der Waals surface area contributed by atoms with Crippen molar-refractivity contribution in [3.05, 3.63) is 0 Å². The highest BCUT2D eigenvalue weighted by Gasteiger charge is 2.30. The van der Waals surface area contributed by atoms with Gasteiger partial charge in [0, 0.05) is 25.2 Å². The monoisotopic (exact) mass is 211 g/mol. The Bertz CT molecular complexity index is 222. The van der Waals surface area contributed by atoms with Crippen LogP contribution in [0.1, 0.15) is 38.5 Å². The van der Waals surface area contributed by atoms with Gasteiger partial charge < -0.3 is 16.0 Å². The van der Waals surface area contributed by atoms with Crippen LogP contribution in [0.2, 0.25) is 0 Å². The lowest BCUT2D eigenvalue weighted by Crippen LogP contribution is -2.48. The summed E-state index contributed by atoms with van der Waals surface area (Å²) >= 11 is 0. The van der Waals surface area contributed by atoms with E-state index in [0.29, 0.717) is 25.2 Å². The van der Waals surface area contributed by atoms with E-state index in [1.165, 1.54) is 12.8 Å². The van der Waals surface area contributed by atoms with Crippen LogP contribution < -0.4 is 11.1 Å². The summed E-state index contributed by atoms with van der Waals surface area (Å²) in [5, 5.41) is 3.05. The Morgan fingerprint density at radius 3 is 2.47 bits per heavy atom. The Labute approximate surface area is 91.2 Å². The van der Waals surface area contributed by atoms with Crippen molar-refractivity contribution in [2.45, 2.75) is 50.6 Å². The predicted molar refractivity (Wildman–Crippen MR) is 59.6 cm³/mol. The summed E-state index contributed by atoms with van der Waals surface area (Å²) in [6.07, 6.45) is 7.10. The van der Waals surface area contributed by atoms with Crippen LogP contribution in [-0.4, -0.2) is 36.1 Å². The van der Waals surface area contributed by atoms with Crippen molar-refractivity contribution in [1.82, 2.24) is 10.2 Å². The lowest BCUT2D eigenvalue weighted by Gasteiger charge is -2.28. The molecule has 0 aromatic carbocycles. The second-order valence-electron chi connectivity index (χ2n) is 4.64. The van der Waals surface area contributed by atoms with Crippen molar-refractivity contribution in [2.24, 2.45) is 5.73 Å². The predicted octanol–water partition coefficient (Wildman–Crippen LogP) is 1.06. The third-order valence-corrected chi connectivity index (χ3v) is 3.30. The average Bonchev–Trinajstić information content (AvgIpc) is 2.87. The molecule has 2 aliphatic carbocycles. The summed E-state index contributed by atoms with van der Waals surface area (Å²) in [6, 6.07) is 0.987. The van der Waals surface area contributed by atoms with E-state index >= 15 is 0 Å². The molecule has 2 saturated carbocycles. The highest BCUT2D eigenvalue weighted by atomic mass is 16.2. The Kier molecular flexibility index (Phi) is 3.46. The zero-order valence-corrected chi connectivity index (χ0v) is 9.24. The van der Waals surface area contributed by atoms with Crippen LogP contribution in [0.5, 0.6) is 0 Å². The minimum absolute atomic E-state index is 0.106. The van der Waals surface area contributed by atoms with Crippen LogP contribution in [0.3, 0.4) is 0 Å². The summed E-state index contributed by atoms with van der Waals surface area (Å²) in [4.78, 5) is 13.9. The van der Waals surface area contributed by atoms with E-state index in [1.807, 2.05) is 4.90 Å². The summed E-state index contributed by atoms with van der Waals surface area (Å²) in [5.41, 5.74) is 5.56. The SMILES string of the molecule is NCCN(C(=O)NC1CC1)C1CCCC1. The fourth-order valence-electron chi connectivity index (χ4n) is 2.29. The lowest BCUT2D eigenvalue weighted by molar-refractivity contribution is 0.176. The highest BCUT2D eigenvalue weighted by molar-refractivity contribution is 5.75. The van der Waals surface area contributed by atoms with Crippen molar-refractivity contribution in [1.29, 1.82) is 0 Å². The van der Waals surface area contributed by atoms with E-state index in [1.54, 1.807) is 0 Å². The lowest BCUT2D eigenvalue weighted by atomic mass is 10.2. The minimum Gasteiger partial charge on any atom is -0.335 e. The van der Waals surface area contributed by atoms with Gasteiger partial charge in [0.2, 0.25) is 0 Å². The number of urea groups is 1. The van der Waals surface area contributed by atoms with Gasteiger partial charge in [0.1, 0.15) is 0 Å². The molecule has 0 atom stereocenters. The van der Waals surface area contributed by atoms with E-state index in [9.17, 15) is 4.79 Å². The Morgan fingerprint density at radius 2 is 1.93 bits per heavy atom. The number of carbonyl (C=O) groups excluding carboxylic acids is 1. The first kappa shape index (κ1) is 10.7. The van der Waals surface area contributed by atoms with Gasteiger partial charge in [0.15, 0.2) is 0 Å². The van der Waals surface area contributed by atoms with E-state index < -0.39 is 0 Å². The summed E-state index contributed by atoms with van der Waals surface area (Å²) in [6.45, 7) is 1.26.